The first kappa shape index (κ1) is 7.98. The lowest BCUT2D eigenvalue weighted by atomic mass is 10.2. The molecule has 0 aromatic carbocycles. The lowest BCUT2D eigenvalue weighted by Crippen LogP contribution is -2.29. The van der Waals surface area contributed by atoms with Gasteiger partial charge in [-0.2, -0.15) is 0 Å². The molecule has 0 aromatic rings. The van der Waals surface area contributed by atoms with E-state index in [1.54, 1.807) is 14.2 Å². The van der Waals surface area contributed by atoms with E-state index in [4.69, 9.17) is 14.2 Å². The third kappa shape index (κ3) is 1.94. The van der Waals surface area contributed by atoms with Gasteiger partial charge in [-0.3, -0.25) is 0 Å². The first-order valence-electron chi connectivity index (χ1n) is 3.58. The molecule has 10 heavy (non-hydrogen) atoms. The van der Waals surface area contributed by atoms with Crippen molar-refractivity contribution >= 4 is 0 Å². The monoisotopic (exact) mass is 146 g/mol. The van der Waals surface area contributed by atoms with E-state index in [2.05, 4.69) is 0 Å². The molecule has 1 heterocycles. The minimum Gasteiger partial charge on any atom is -0.356 e. The third-order valence-corrected chi connectivity index (χ3v) is 1.71. The van der Waals surface area contributed by atoms with Crippen molar-refractivity contribution in [3.05, 3.63) is 0 Å². The van der Waals surface area contributed by atoms with Crippen LogP contribution in [-0.2, 0) is 14.2 Å². The molecule has 0 aliphatic carbocycles. The average molecular weight is 146 g/mol. The van der Waals surface area contributed by atoms with Gasteiger partial charge in [0.05, 0.1) is 0 Å². The molecule has 2 unspecified atom stereocenters. The second-order valence-electron chi connectivity index (χ2n) is 2.40. The van der Waals surface area contributed by atoms with Crippen LogP contribution in [0.4, 0.5) is 0 Å². The van der Waals surface area contributed by atoms with Crippen molar-refractivity contribution < 1.29 is 14.2 Å². The number of methoxy groups -OCH3 is 2. The summed E-state index contributed by atoms with van der Waals surface area (Å²) in [5.41, 5.74) is 0. The second-order valence-corrected chi connectivity index (χ2v) is 2.40. The fourth-order valence-corrected chi connectivity index (χ4v) is 1.10. The lowest BCUT2D eigenvalue weighted by Gasteiger charge is -2.27. The Kier molecular flexibility index (Phi) is 3.12. The van der Waals surface area contributed by atoms with Crippen molar-refractivity contribution in [3.8, 4) is 0 Å². The first-order valence-corrected chi connectivity index (χ1v) is 3.58. The normalized spacial score (nSPS) is 34.2. The van der Waals surface area contributed by atoms with E-state index >= 15 is 0 Å². The van der Waals surface area contributed by atoms with Gasteiger partial charge in [-0.25, -0.2) is 0 Å². The van der Waals surface area contributed by atoms with Gasteiger partial charge in [0.25, 0.3) is 0 Å². The summed E-state index contributed by atoms with van der Waals surface area (Å²) in [6.45, 7) is 0. The molecule has 0 bridgehead atoms. The topological polar surface area (TPSA) is 27.7 Å². The van der Waals surface area contributed by atoms with Crippen LogP contribution in [0.3, 0.4) is 0 Å². The highest BCUT2D eigenvalue weighted by molar-refractivity contribution is 4.57. The number of rotatable bonds is 2. The van der Waals surface area contributed by atoms with E-state index in [-0.39, 0.29) is 12.6 Å². The van der Waals surface area contributed by atoms with Gasteiger partial charge in [0.1, 0.15) is 0 Å². The zero-order valence-corrected chi connectivity index (χ0v) is 6.50. The van der Waals surface area contributed by atoms with E-state index in [0.717, 1.165) is 19.3 Å². The maximum Gasteiger partial charge on any atom is 0.160 e. The first-order chi connectivity index (χ1) is 4.86. The molecule has 1 rings (SSSR count). The number of hydrogen-bond acceptors (Lipinski definition) is 3. The average Bonchev–Trinajstić information content (AvgIpc) is 2.05. The molecule has 3 nitrogen and oxygen atoms in total. The molecule has 0 N–H and O–H groups in total. The fourth-order valence-electron chi connectivity index (χ4n) is 1.10. The largest absolute Gasteiger partial charge is 0.356 e. The van der Waals surface area contributed by atoms with Crippen LogP contribution in [0, 0.1) is 0 Å². The summed E-state index contributed by atoms with van der Waals surface area (Å²) >= 11 is 0. The Balaban J connectivity index is 2.25. The molecule has 0 amide bonds. The van der Waals surface area contributed by atoms with Crippen LogP contribution in [0.15, 0.2) is 0 Å². The van der Waals surface area contributed by atoms with Crippen LogP contribution >= 0.6 is 0 Å². The van der Waals surface area contributed by atoms with Crippen molar-refractivity contribution in [1.29, 1.82) is 0 Å². The predicted molar refractivity (Wildman–Crippen MR) is 36.5 cm³/mol. The zero-order valence-electron chi connectivity index (χ0n) is 6.50. The molecule has 0 aromatic heterocycles. The molecule has 1 saturated heterocycles. The second kappa shape index (κ2) is 3.91. The quantitative estimate of drug-likeness (QED) is 0.584. The molecular formula is C7H14O3. The summed E-state index contributed by atoms with van der Waals surface area (Å²) in [5.74, 6) is 0. The van der Waals surface area contributed by atoms with Crippen LogP contribution < -0.4 is 0 Å². The van der Waals surface area contributed by atoms with Gasteiger partial charge in [-0.1, -0.05) is 0 Å². The van der Waals surface area contributed by atoms with Crippen molar-refractivity contribution in [3.63, 3.8) is 0 Å². The van der Waals surface area contributed by atoms with Gasteiger partial charge in [0, 0.05) is 14.2 Å². The Morgan fingerprint density at radius 1 is 1.10 bits per heavy atom. The summed E-state index contributed by atoms with van der Waals surface area (Å²) in [7, 11) is 3.31. The minimum absolute atomic E-state index is 0.0568. The van der Waals surface area contributed by atoms with Gasteiger partial charge in [-0.15, -0.1) is 0 Å². The maximum absolute atomic E-state index is 5.34. The predicted octanol–water partition coefficient (Wildman–Crippen LogP) is 1.13. The highest BCUT2D eigenvalue weighted by Gasteiger charge is 2.20. The fraction of sp³-hybridized carbons (Fsp3) is 1.00. The SMILES string of the molecule is COC1CCCC(OC)O1. The van der Waals surface area contributed by atoms with Crippen molar-refractivity contribution in [2.45, 2.75) is 31.8 Å². The summed E-state index contributed by atoms with van der Waals surface area (Å²) in [6, 6.07) is 0. The van der Waals surface area contributed by atoms with Crippen LogP contribution in [0.5, 0.6) is 0 Å². The van der Waals surface area contributed by atoms with Crippen LogP contribution in [-0.4, -0.2) is 26.8 Å². The highest BCUT2D eigenvalue weighted by Crippen LogP contribution is 2.19. The Bertz CT molecular complexity index is 84.9. The van der Waals surface area contributed by atoms with E-state index in [0.29, 0.717) is 0 Å². The van der Waals surface area contributed by atoms with Gasteiger partial charge >= 0.3 is 0 Å². The molecule has 3 heteroatoms. The number of hydrogen-bond donors (Lipinski definition) is 0. The minimum atomic E-state index is -0.0568. The van der Waals surface area contributed by atoms with E-state index < -0.39 is 0 Å². The molecule has 0 spiro atoms. The molecule has 1 aliphatic heterocycles. The summed E-state index contributed by atoms with van der Waals surface area (Å²) < 4.78 is 15.4. The van der Waals surface area contributed by atoms with Gasteiger partial charge in [0.2, 0.25) is 0 Å². The Hall–Kier alpha value is -0.120. The molecule has 0 saturated carbocycles. The smallest absolute Gasteiger partial charge is 0.160 e. The molecule has 1 aliphatic rings. The zero-order chi connectivity index (χ0) is 7.40. The summed E-state index contributed by atoms with van der Waals surface area (Å²) in [6.07, 6.45) is 2.97. The Morgan fingerprint density at radius 2 is 1.60 bits per heavy atom. The van der Waals surface area contributed by atoms with E-state index in [1.807, 2.05) is 0 Å². The van der Waals surface area contributed by atoms with Crippen LogP contribution in [0.25, 0.3) is 0 Å². The van der Waals surface area contributed by atoms with Crippen molar-refractivity contribution in [2.24, 2.45) is 0 Å². The lowest BCUT2D eigenvalue weighted by molar-refractivity contribution is -0.251. The van der Waals surface area contributed by atoms with Gasteiger partial charge in [0.15, 0.2) is 12.6 Å². The van der Waals surface area contributed by atoms with Gasteiger partial charge < -0.3 is 14.2 Å². The van der Waals surface area contributed by atoms with Crippen molar-refractivity contribution in [1.82, 2.24) is 0 Å². The van der Waals surface area contributed by atoms with Crippen LogP contribution in [0.1, 0.15) is 19.3 Å². The van der Waals surface area contributed by atoms with E-state index in [9.17, 15) is 0 Å². The Morgan fingerprint density at radius 3 is 2.00 bits per heavy atom. The molecule has 1 fully saturated rings. The van der Waals surface area contributed by atoms with Gasteiger partial charge in [-0.05, 0) is 19.3 Å². The third-order valence-electron chi connectivity index (χ3n) is 1.71. The van der Waals surface area contributed by atoms with E-state index in [1.165, 1.54) is 0 Å². The summed E-state index contributed by atoms with van der Waals surface area (Å²) in [5, 5.41) is 0. The molecule has 2 atom stereocenters. The molecular weight excluding hydrogens is 132 g/mol. The van der Waals surface area contributed by atoms with Crippen LogP contribution in [0.2, 0.25) is 0 Å². The maximum atomic E-state index is 5.34. The standard InChI is InChI=1S/C7H14O3/c1-8-6-4-3-5-7(9-2)10-6/h6-7H,3-5H2,1-2H3. The summed E-state index contributed by atoms with van der Waals surface area (Å²) in [4.78, 5) is 0. The highest BCUT2D eigenvalue weighted by atomic mass is 16.8. The molecule has 60 valence electrons. The molecule has 0 radical (unpaired) electrons. The number of ether oxygens (including phenoxy) is 3. The van der Waals surface area contributed by atoms with Crippen molar-refractivity contribution in [2.75, 3.05) is 14.2 Å². The Labute approximate surface area is 61.3 Å².